The third kappa shape index (κ3) is 6.24. The van der Waals surface area contributed by atoms with Gasteiger partial charge in [0.2, 0.25) is 0 Å². The Morgan fingerprint density at radius 1 is 0.789 bits per heavy atom. The summed E-state index contributed by atoms with van der Waals surface area (Å²) in [5, 5.41) is 11.5. The SMILES string of the molecule is O=C(O)c1cc2ccccc2cc1OCCCCN(CCCOc1ccccc1)c1nc2ccccc2o1. The van der Waals surface area contributed by atoms with Crippen LogP contribution in [-0.2, 0) is 0 Å². The Hall–Kier alpha value is -4.52. The van der Waals surface area contributed by atoms with Crippen LogP contribution in [0.3, 0.4) is 0 Å². The summed E-state index contributed by atoms with van der Waals surface area (Å²) in [4.78, 5) is 18.6. The largest absolute Gasteiger partial charge is 0.494 e. The maximum absolute atomic E-state index is 11.8. The van der Waals surface area contributed by atoms with E-state index in [0.717, 1.165) is 60.0 Å². The molecule has 0 saturated carbocycles. The van der Waals surface area contributed by atoms with Gasteiger partial charge in [-0.3, -0.25) is 0 Å². The zero-order valence-electron chi connectivity index (χ0n) is 21.1. The summed E-state index contributed by atoms with van der Waals surface area (Å²) in [5.74, 6) is 0.253. The van der Waals surface area contributed by atoms with Gasteiger partial charge < -0.3 is 23.9 Å². The van der Waals surface area contributed by atoms with E-state index < -0.39 is 5.97 Å². The number of fused-ring (bicyclic) bond motifs is 2. The van der Waals surface area contributed by atoms with E-state index in [9.17, 15) is 9.90 Å². The Morgan fingerprint density at radius 2 is 1.47 bits per heavy atom. The number of hydrogen-bond acceptors (Lipinski definition) is 6. The molecular formula is C31H30N2O5. The van der Waals surface area contributed by atoms with Crippen molar-refractivity contribution < 1.29 is 23.8 Å². The molecule has 0 bridgehead atoms. The van der Waals surface area contributed by atoms with Gasteiger partial charge in [0.05, 0.1) is 13.2 Å². The van der Waals surface area contributed by atoms with Crippen LogP contribution in [-0.4, -0.2) is 42.4 Å². The molecule has 1 N–H and O–H groups in total. The maximum Gasteiger partial charge on any atom is 0.339 e. The second-order valence-corrected chi connectivity index (χ2v) is 9.02. The lowest BCUT2D eigenvalue weighted by Crippen LogP contribution is -2.27. The van der Waals surface area contributed by atoms with Crippen LogP contribution in [0.5, 0.6) is 11.5 Å². The minimum Gasteiger partial charge on any atom is -0.494 e. The fraction of sp³-hybridized carbons (Fsp3) is 0.226. The molecular weight excluding hydrogens is 480 g/mol. The summed E-state index contributed by atoms with van der Waals surface area (Å²) in [6, 6.07) is 29.3. The lowest BCUT2D eigenvalue weighted by atomic mass is 10.1. The molecule has 0 saturated heterocycles. The predicted octanol–water partition coefficient (Wildman–Crippen LogP) is 6.81. The Labute approximate surface area is 221 Å². The number of benzene rings is 4. The highest BCUT2D eigenvalue weighted by Crippen LogP contribution is 2.27. The summed E-state index contributed by atoms with van der Waals surface area (Å²) in [5.41, 5.74) is 1.76. The Kier molecular flexibility index (Phi) is 8.04. The van der Waals surface area contributed by atoms with Gasteiger partial charge >= 0.3 is 5.97 Å². The van der Waals surface area contributed by atoms with Gasteiger partial charge in [0.1, 0.15) is 22.6 Å². The van der Waals surface area contributed by atoms with Gasteiger partial charge in [0.25, 0.3) is 6.01 Å². The predicted molar refractivity (Wildman–Crippen MR) is 148 cm³/mol. The standard InChI is InChI=1S/C31H30N2O5/c34-30(35)26-21-23-11-4-5-12-24(23)22-29(26)37-19-9-8-17-33(18-10-20-36-25-13-2-1-3-14-25)31-32-27-15-6-7-16-28(27)38-31/h1-7,11-16,21-22H,8-10,17-20H2,(H,34,35). The molecule has 4 aromatic carbocycles. The van der Waals surface area contributed by atoms with Crippen molar-refractivity contribution in [3.8, 4) is 11.5 Å². The van der Waals surface area contributed by atoms with E-state index in [1.165, 1.54) is 0 Å². The van der Waals surface area contributed by atoms with E-state index in [4.69, 9.17) is 13.9 Å². The molecule has 0 aliphatic rings. The molecule has 7 nitrogen and oxygen atoms in total. The first kappa shape index (κ1) is 25.1. The van der Waals surface area contributed by atoms with E-state index in [1.807, 2.05) is 78.9 Å². The summed E-state index contributed by atoms with van der Waals surface area (Å²) >= 11 is 0. The van der Waals surface area contributed by atoms with Crippen LogP contribution >= 0.6 is 0 Å². The van der Waals surface area contributed by atoms with Crippen LogP contribution in [0.15, 0.2) is 95.4 Å². The van der Waals surface area contributed by atoms with Crippen molar-refractivity contribution in [1.82, 2.24) is 4.98 Å². The fourth-order valence-electron chi connectivity index (χ4n) is 4.35. The van der Waals surface area contributed by atoms with Crippen molar-refractivity contribution in [1.29, 1.82) is 0 Å². The van der Waals surface area contributed by atoms with Gasteiger partial charge in [0.15, 0.2) is 5.58 Å². The monoisotopic (exact) mass is 510 g/mol. The molecule has 7 heteroatoms. The second-order valence-electron chi connectivity index (χ2n) is 9.02. The van der Waals surface area contributed by atoms with Crippen LogP contribution in [0.25, 0.3) is 21.9 Å². The van der Waals surface area contributed by atoms with E-state index >= 15 is 0 Å². The van der Waals surface area contributed by atoms with Gasteiger partial charge in [-0.1, -0.05) is 54.6 Å². The molecule has 0 unspecified atom stereocenters. The van der Waals surface area contributed by atoms with Gasteiger partial charge in [-0.2, -0.15) is 4.98 Å². The molecule has 0 fully saturated rings. The lowest BCUT2D eigenvalue weighted by Gasteiger charge is -2.21. The number of rotatable bonds is 13. The first-order valence-corrected chi connectivity index (χ1v) is 12.8. The number of aromatic nitrogens is 1. The quantitative estimate of drug-likeness (QED) is 0.174. The van der Waals surface area contributed by atoms with Crippen LogP contribution in [0.1, 0.15) is 29.6 Å². The van der Waals surface area contributed by atoms with E-state index in [-0.39, 0.29) is 5.56 Å². The fourth-order valence-corrected chi connectivity index (χ4v) is 4.35. The van der Waals surface area contributed by atoms with Crippen molar-refractivity contribution in [2.24, 2.45) is 0 Å². The summed E-state index contributed by atoms with van der Waals surface area (Å²) in [6.07, 6.45) is 2.39. The van der Waals surface area contributed by atoms with Crippen LogP contribution < -0.4 is 14.4 Å². The van der Waals surface area contributed by atoms with Gasteiger partial charge in [-0.15, -0.1) is 0 Å². The number of carboxylic acid groups (broad SMARTS) is 1. The normalized spacial score (nSPS) is 11.1. The van der Waals surface area contributed by atoms with Crippen molar-refractivity contribution in [3.63, 3.8) is 0 Å². The summed E-state index contributed by atoms with van der Waals surface area (Å²) < 4.78 is 17.8. The zero-order chi connectivity index (χ0) is 26.2. The molecule has 5 aromatic rings. The molecule has 1 aromatic heterocycles. The van der Waals surface area contributed by atoms with Crippen LogP contribution in [0, 0.1) is 0 Å². The first-order valence-electron chi connectivity index (χ1n) is 12.8. The van der Waals surface area contributed by atoms with E-state index in [0.29, 0.717) is 25.0 Å². The van der Waals surface area contributed by atoms with Crippen molar-refractivity contribution >= 4 is 33.9 Å². The Bertz CT molecular complexity index is 1470. The summed E-state index contributed by atoms with van der Waals surface area (Å²) in [7, 11) is 0. The first-order chi connectivity index (χ1) is 18.7. The van der Waals surface area contributed by atoms with Crippen LogP contribution in [0.2, 0.25) is 0 Å². The number of anilines is 1. The molecule has 0 aliphatic carbocycles. The van der Waals surface area contributed by atoms with E-state index in [1.54, 1.807) is 12.1 Å². The third-order valence-corrected chi connectivity index (χ3v) is 6.30. The highest BCUT2D eigenvalue weighted by atomic mass is 16.5. The number of oxazole rings is 1. The highest BCUT2D eigenvalue weighted by molar-refractivity contribution is 5.97. The third-order valence-electron chi connectivity index (χ3n) is 6.30. The maximum atomic E-state index is 11.8. The van der Waals surface area contributed by atoms with Crippen molar-refractivity contribution in [3.05, 3.63) is 96.6 Å². The number of carboxylic acids is 1. The zero-order valence-corrected chi connectivity index (χ0v) is 21.1. The second kappa shape index (κ2) is 12.1. The number of para-hydroxylation sites is 3. The smallest absolute Gasteiger partial charge is 0.339 e. The highest BCUT2D eigenvalue weighted by Gasteiger charge is 2.15. The topological polar surface area (TPSA) is 85.0 Å². The number of unbranched alkanes of at least 4 members (excludes halogenated alkanes) is 1. The average molecular weight is 511 g/mol. The van der Waals surface area contributed by atoms with Gasteiger partial charge in [-0.25, -0.2) is 4.79 Å². The number of hydrogen-bond donors (Lipinski definition) is 1. The number of ether oxygens (including phenoxy) is 2. The minimum absolute atomic E-state index is 0.176. The Balaban J connectivity index is 1.18. The Morgan fingerprint density at radius 3 is 2.26 bits per heavy atom. The lowest BCUT2D eigenvalue weighted by molar-refractivity contribution is 0.0692. The molecule has 0 spiro atoms. The molecule has 0 radical (unpaired) electrons. The van der Waals surface area contributed by atoms with Crippen molar-refractivity contribution in [2.75, 3.05) is 31.2 Å². The molecule has 0 aliphatic heterocycles. The van der Waals surface area contributed by atoms with Gasteiger partial charge in [-0.05, 0) is 66.4 Å². The number of aromatic carboxylic acids is 1. The average Bonchev–Trinajstić information content (AvgIpc) is 3.38. The molecule has 194 valence electrons. The molecule has 0 amide bonds. The van der Waals surface area contributed by atoms with Crippen molar-refractivity contribution in [2.45, 2.75) is 19.3 Å². The van der Waals surface area contributed by atoms with E-state index in [2.05, 4.69) is 9.88 Å². The van der Waals surface area contributed by atoms with Gasteiger partial charge in [0, 0.05) is 13.1 Å². The molecule has 1 heterocycles. The van der Waals surface area contributed by atoms with Crippen LogP contribution in [0.4, 0.5) is 6.01 Å². The summed E-state index contributed by atoms with van der Waals surface area (Å²) in [6.45, 7) is 2.46. The molecule has 0 atom stereocenters. The molecule has 5 rings (SSSR count). The minimum atomic E-state index is -0.995. The number of nitrogens with zero attached hydrogens (tertiary/aromatic N) is 2. The molecule has 38 heavy (non-hydrogen) atoms. The number of carbonyl (C=O) groups is 1.